The Labute approximate surface area is 183 Å². The van der Waals surface area contributed by atoms with Gasteiger partial charge in [0.15, 0.2) is 11.2 Å². The highest BCUT2D eigenvalue weighted by molar-refractivity contribution is 7.66. The third-order valence-electron chi connectivity index (χ3n) is 4.15. The molecule has 2 aromatic heterocycles. The lowest BCUT2D eigenvalue weighted by atomic mass is 10.2. The Kier molecular flexibility index (Phi) is 7.57. The molecule has 3 heterocycles. The Balaban J connectivity index is 1.72. The third kappa shape index (κ3) is 6.52. The topological polar surface area (TPSA) is 280 Å². The van der Waals surface area contributed by atoms with Gasteiger partial charge in [0.2, 0.25) is 5.95 Å². The maximum Gasteiger partial charge on any atom is 0.490 e. The fourth-order valence-electron chi connectivity index (χ4n) is 2.89. The molecule has 0 amide bonds. The highest BCUT2D eigenvalue weighted by Gasteiger charge is 2.43. The minimum Gasteiger partial charge on any atom is -0.359 e. The lowest BCUT2D eigenvalue weighted by Gasteiger charge is -2.20. The van der Waals surface area contributed by atoms with Crippen molar-refractivity contribution in [3.05, 3.63) is 16.7 Å². The summed E-state index contributed by atoms with van der Waals surface area (Å²) < 4.78 is 52.9. The molecule has 1 saturated heterocycles. The zero-order valence-electron chi connectivity index (χ0n) is 16.4. The van der Waals surface area contributed by atoms with Crippen molar-refractivity contribution in [2.75, 3.05) is 19.0 Å². The van der Waals surface area contributed by atoms with Gasteiger partial charge in [0.25, 0.3) is 5.56 Å². The van der Waals surface area contributed by atoms with Crippen LogP contribution in [0.2, 0.25) is 0 Å². The van der Waals surface area contributed by atoms with Gasteiger partial charge in [-0.05, 0) is 0 Å². The van der Waals surface area contributed by atoms with Gasteiger partial charge in [-0.2, -0.15) is 13.6 Å². The molecule has 3 rings (SSSR count). The van der Waals surface area contributed by atoms with Crippen LogP contribution in [0.25, 0.3) is 11.2 Å². The number of ether oxygens (including phenoxy) is 1. The van der Waals surface area contributed by atoms with Crippen LogP contribution in [0.4, 0.5) is 5.95 Å². The molecular formula is C11H19N6O13P3. The minimum atomic E-state index is -5.67. The van der Waals surface area contributed by atoms with Gasteiger partial charge in [-0.25, -0.2) is 24.6 Å². The highest BCUT2D eigenvalue weighted by atomic mass is 31.3. The van der Waals surface area contributed by atoms with Gasteiger partial charge in [-0.3, -0.25) is 23.7 Å². The van der Waals surface area contributed by atoms with Crippen molar-refractivity contribution in [1.82, 2.24) is 19.5 Å². The van der Waals surface area contributed by atoms with Gasteiger partial charge in [0, 0.05) is 13.5 Å². The number of phosphoric acid groups is 3. The van der Waals surface area contributed by atoms with E-state index >= 15 is 0 Å². The molecule has 186 valence electrons. The van der Waals surface area contributed by atoms with Crippen molar-refractivity contribution in [1.29, 1.82) is 0 Å². The minimum absolute atomic E-state index is 0.0135. The first-order valence-corrected chi connectivity index (χ1v) is 13.2. The molecule has 2 unspecified atom stereocenters. The van der Waals surface area contributed by atoms with E-state index in [1.54, 1.807) is 0 Å². The van der Waals surface area contributed by atoms with Crippen molar-refractivity contribution in [2.45, 2.75) is 24.9 Å². The largest absolute Gasteiger partial charge is 0.490 e. The molecule has 5 atom stereocenters. The Bertz CT molecular complexity index is 1210. The molecule has 33 heavy (non-hydrogen) atoms. The highest BCUT2D eigenvalue weighted by Crippen LogP contribution is 2.66. The van der Waals surface area contributed by atoms with E-state index < -0.39 is 54.1 Å². The zero-order chi connectivity index (χ0) is 24.6. The van der Waals surface area contributed by atoms with Crippen LogP contribution in [0.15, 0.2) is 11.1 Å². The van der Waals surface area contributed by atoms with Crippen LogP contribution in [0.5, 0.6) is 0 Å². The van der Waals surface area contributed by atoms with Crippen LogP contribution in [0.3, 0.4) is 0 Å². The summed E-state index contributed by atoms with van der Waals surface area (Å²) in [6.45, 7) is -0.773. The maximum absolute atomic E-state index is 12.1. The van der Waals surface area contributed by atoms with Crippen molar-refractivity contribution in [3.8, 4) is 0 Å². The van der Waals surface area contributed by atoms with Crippen LogP contribution in [0, 0.1) is 0 Å². The Morgan fingerprint density at radius 2 is 1.97 bits per heavy atom. The number of anilines is 1. The van der Waals surface area contributed by atoms with E-state index in [0.717, 1.165) is 0 Å². The number of imidazole rings is 1. The normalized spacial score (nSPS) is 25.1. The molecule has 19 nitrogen and oxygen atoms in total. The summed E-state index contributed by atoms with van der Waals surface area (Å²) >= 11 is 0. The van der Waals surface area contributed by atoms with E-state index in [1.165, 1.54) is 17.9 Å². The van der Waals surface area contributed by atoms with Gasteiger partial charge in [0.1, 0.15) is 18.4 Å². The van der Waals surface area contributed by atoms with Gasteiger partial charge in [-0.15, -0.1) is 0 Å². The Morgan fingerprint density at radius 3 is 2.58 bits per heavy atom. The standard InChI is InChI=1S/C11H19N6O13P3/c1-13-11-15-9-8(10(18)16-11)14-4-17(9)7-2-5(28-12)6(27-7)3-26-32(22,23)30-33(24,25)29-31(19,20)21/h4-7H,2-3,12H2,1H3,(H,22,23)(H,24,25)(H2,19,20,21)(H2,13,15,16,18)/t5-,6-,7-/m1/s1. The summed E-state index contributed by atoms with van der Waals surface area (Å²) in [5.74, 6) is 5.39. The lowest BCUT2D eigenvalue weighted by Crippen LogP contribution is -2.31. The SMILES string of the molecule is CNc1nc2c(ncn2[C@H]2C[C@@H](ON)[C@@H](COP(=O)(O)OP(=O)(O)OP(=O)(O)O)O2)c(=O)[nH]1. The van der Waals surface area contributed by atoms with E-state index in [-0.39, 0.29) is 23.5 Å². The van der Waals surface area contributed by atoms with Crippen LogP contribution >= 0.6 is 23.5 Å². The fourth-order valence-corrected chi connectivity index (χ4v) is 5.92. The molecule has 0 spiro atoms. The van der Waals surface area contributed by atoms with E-state index in [1.807, 2.05) is 0 Å². The van der Waals surface area contributed by atoms with E-state index in [2.05, 4.69) is 33.4 Å². The second-order valence-corrected chi connectivity index (χ2v) is 10.8. The zero-order valence-corrected chi connectivity index (χ0v) is 19.1. The molecule has 1 fully saturated rings. The number of nitrogens with zero attached hydrogens (tertiary/aromatic N) is 3. The number of fused-ring (bicyclic) bond motifs is 1. The monoisotopic (exact) mass is 536 g/mol. The van der Waals surface area contributed by atoms with Crippen molar-refractivity contribution in [3.63, 3.8) is 0 Å². The molecular weight excluding hydrogens is 517 g/mol. The predicted molar refractivity (Wildman–Crippen MR) is 105 cm³/mol. The van der Waals surface area contributed by atoms with Crippen molar-refractivity contribution < 1.29 is 56.0 Å². The number of H-pyrrole nitrogens is 1. The predicted octanol–water partition coefficient (Wildman–Crippen LogP) is -0.949. The number of hydrogen-bond acceptors (Lipinski definition) is 13. The van der Waals surface area contributed by atoms with Crippen molar-refractivity contribution >= 4 is 40.6 Å². The first-order valence-electron chi connectivity index (χ1n) is 8.67. The average molecular weight is 536 g/mol. The molecule has 0 saturated carbocycles. The number of rotatable bonds is 10. The smallest absolute Gasteiger partial charge is 0.359 e. The molecule has 1 aliphatic heterocycles. The van der Waals surface area contributed by atoms with Gasteiger partial charge < -0.3 is 29.6 Å². The van der Waals surface area contributed by atoms with Gasteiger partial charge in [-0.1, -0.05) is 0 Å². The number of aromatic amines is 1. The molecule has 0 aromatic carbocycles. The van der Waals surface area contributed by atoms with Crippen LogP contribution in [-0.4, -0.2) is 65.0 Å². The van der Waals surface area contributed by atoms with Crippen LogP contribution in [-0.2, 0) is 36.4 Å². The Hall–Kier alpha value is -1.56. The quantitative estimate of drug-likeness (QED) is 0.142. The van der Waals surface area contributed by atoms with Crippen molar-refractivity contribution in [2.24, 2.45) is 5.90 Å². The molecule has 0 bridgehead atoms. The molecule has 1 aliphatic rings. The van der Waals surface area contributed by atoms with Gasteiger partial charge in [0.05, 0.1) is 12.9 Å². The third-order valence-corrected chi connectivity index (χ3v) is 7.96. The number of nitrogens with one attached hydrogen (secondary N) is 2. The van der Waals surface area contributed by atoms with E-state index in [4.69, 9.17) is 25.3 Å². The summed E-state index contributed by atoms with van der Waals surface area (Å²) in [5, 5.41) is 2.68. The molecule has 8 N–H and O–H groups in total. The molecule has 0 aliphatic carbocycles. The summed E-state index contributed by atoms with van der Waals surface area (Å²) in [4.78, 5) is 63.4. The average Bonchev–Trinajstić information content (AvgIpc) is 3.27. The summed E-state index contributed by atoms with van der Waals surface area (Å²) in [7, 11) is -15.0. The molecule has 22 heteroatoms. The lowest BCUT2D eigenvalue weighted by molar-refractivity contribution is -0.0600. The van der Waals surface area contributed by atoms with Crippen LogP contribution < -0.4 is 16.8 Å². The second-order valence-electron chi connectivity index (χ2n) is 6.41. The second kappa shape index (κ2) is 9.59. The number of aromatic nitrogens is 4. The van der Waals surface area contributed by atoms with E-state index in [9.17, 15) is 28.3 Å². The van der Waals surface area contributed by atoms with Crippen LogP contribution in [0.1, 0.15) is 12.6 Å². The number of nitrogens with two attached hydrogens (primary N) is 1. The molecule has 0 radical (unpaired) electrons. The van der Waals surface area contributed by atoms with E-state index in [0.29, 0.717) is 0 Å². The summed E-state index contributed by atoms with van der Waals surface area (Å²) in [5.41, 5.74) is -0.353. The van der Waals surface area contributed by atoms with Gasteiger partial charge >= 0.3 is 23.5 Å². The number of hydrogen-bond donors (Lipinski definition) is 7. The molecule has 2 aromatic rings. The first-order chi connectivity index (χ1) is 15.2. The summed E-state index contributed by atoms with van der Waals surface area (Å²) in [6, 6.07) is 0. The fraction of sp³-hybridized carbons (Fsp3) is 0.545. The maximum atomic E-state index is 12.1. The Morgan fingerprint density at radius 1 is 1.27 bits per heavy atom. The number of phosphoric ester groups is 1. The summed E-state index contributed by atoms with van der Waals surface area (Å²) in [6.07, 6.45) is -1.60. The first kappa shape index (κ1) is 26.1.